The number of carbonyl (C=O) groups excluding carboxylic acids is 3. The number of amides is 2. The van der Waals surface area contributed by atoms with Gasteiger partial charge in [-0.2, -0.15) is 4.31 Å². The number of carbonyl (C=O) groups is 3. The maximum Gasteiger partial charge on any atom is 0.306 e. The molecule has 1 aromatic heterocycles. The van der Waals surface area contributed by atoms with E-state index < -0.39 is 28.5 Å². The standard InChI is InChI=1S/C28H35N5O7S/c1-3-4-13-33-25-10-9-23(41(37,38)32-14-16-39-17-15-32)18-24(25)31-26(33)11-12-28(36)40-19-27(35)30-22-7-5-21(6-8-22)29-20(2)34/h5-10,18H,3-4,11-17,19H2,1-2H3,(H,29,34)(H,30,35). The van der Waals surface area contributed by atoms with Gasteiger partial charge in [0.25, 0.3) is 5.91 Å². The SMILES string of the molecule is CCCCn1c(CCC(=O)OCC(=O)Nc2ccc(NC(C)=O)cc2)nc2cc(S(=O)(=O)N3CCOCC3)ccc21. The van der Waals surface area contributed by atoms with Crippen LogP contribution in [0.4, 0.5) is 11.4 Å². The van der Waals surface area contributed by atoms with Crippen molar-refractivity contribution in [3.8, 4) is 0 Å². The zero-order valence-corrected chi connectivity index (χ0v) is 24.0. The van der Waals surface area contributed by atoms with E-state index >= 15 is 0 Å². The highest BCUT2D eigenvalue weighted by Crippen LogP contribution is 2.25. The Labute approximate surface area is 239 Å². The summed E-state index contributed by atoms with van der Waals surface area (Å²) in [5.41, 5.74) is 2.44. The quantitative estimate of drug-likeness (QED) is 0.308. The number of morpholine rings is 1. The van der Waals surface area contributed by atoms with Crippen LogP contribution in [0.2, 0.25) is 0 Å². The molecule has 1 saturated heterocycles. The third-order valence-corrected chi connectivity index (χ3v) is 8.44. The number of aryl methyl sites for hydroxylation is 2. The van der Waals surface area contributed by atoms with Crippen molar-refractivity contribution in [2.24, 2.45) is 0 Å². The summed E-state index contributed by atoms with van der Waals surface area (Å²) in [6, 6.07) is 11.5. The smallest absolute Gasteiger partial charge is 0.306 e. The number of esters is 1. The molecular formula is C28H35N5O7S. The minimum atomic E-state index is -3.67. The first-order chi connectivity index (χ1) is 19.7. The largest absolute Gasteiger partial charge is 0.456 e. The number of sulfonamides is 1. The Balaban J connectivity index is 1.37. The van der Waals surface area contributed by atoms with E-state index in [0.717, 1.165) is 18.4 Å². The van der Waals surface area contributed by atoms with Crippen molar-refractivity contribution in [3.05, 3.63) is 48.3 Å². The Morgan fingerprint density at radius 2 is 1.71 bits per heavy atom. The van der Waals surface area contributed by atoms with Crippen molar-refractivity contribution in [3.63, 3.8) is 0 Å². The number of ether oxygens (including phenoxy) is 2. The van der Waals surface area contributed by atoms with Crippen molar-refractivity contribution < 1.29 is 32.3 Å². The number of hydrogen-bond donors (Lipinski definition) is 2. The molecule has 0 radical (unpaired) electrons. The number of nitrogens with one attached hydrogen (secondary N) is 2. The molecule has 2 amide bonds. The van der Waals surface area contributed by atoms with Gasteiger partial charge in [0.05, 0.1) is 35.6 Å². The van der Waals surface area contributed by atoms with Gasteiger partial charge in [-0.05, 0) is 48.9 Å². The average molecular weight is 586 g/mol. The zero-order chi connectivity index (χ0) is 29.4. The summed E-state index contributed by atoms with van der Waals surface area (Å²) in [4.78, 5) is 40.7. The molecule has 0 atom stereocenters. The van der Waals surface area contributed by atoms with Crippen LogP contribution in [0.25, 0.3) is 11.0 Å². The van der Waals surface area contributed by atoms with Crippen LogP contribution in [-0.2, 0) is 46.8 Å². The minimum Gasteiger partial charge on any atom is -0.456 e. The van der Waals surface area contributed by atoms with Gasteiger partial charge in [-0.1, -0.05) is 13.3 Å². The van der Waals surface area contributed by atoms with Gasteiger partial charge in [0.1, 0.15) is 5.82 Å². The van der Waals surface area contributed by atoms with E-state index in [4.69, 9.17) is 9.47 Å². The van der Waals surface area contributed by atoms with Crippen LogP contribution in [0, 0.1) is 0 Å². The van der Waals surface area contributed by atoms with Crippen molar-refractivity contribution in [1.29, 1.82) is 0 Å². The number of rotatable bonds is 12. The topological polar surface area (TPSA) is 149 Å². The van der Waals surface area contributed by atoms with Gasteiger partial charge < -0.3 is 24.7 Å². The second-order valence-electron chi connectivity index (χ2n) is 9.67. The molecule has 1 fully saturated rings. The molecule has 2 heterocycles. The maximum atomic E-state index is 13.1. The highest BCUT2D eigenvalue weighted by atomic mass is 32.2. The molecule has 0 bridgehead atoms. The molecule has 220 valence electrons. The lowest BCUT2D eigenvalue weighted by molar-refractivity contribution is -0.147. The summed E-state index contributed by atoms with van der Waals surface area (Å²) in [6.45, 7) is 5.05. The van der Waals surface area contributed by atoms with Gasteiger partial charge in [-0.25, -0.2) is 13.4 Å². The second-order valence-corrected chi connectivity index (χ2v) is 11.6. The maximum absolute atomic E-state index is 13.1. The fourth-order valence-electron chi connectivity index (χ4n) is 4.48. The number of nitrogens with zero attached hydrogens (tertiary/aromatic N) is 3. The molecule has 4 rings (SSSR count). The van der Waals surface area contributed by atoms with E-state index in [1.807, 2.05) is 4.57 Å². The molecule has 13 heteroatoms. The fourth-order valence-corrected chi connectivity index (χ4v) is 5.91. The van der Waals surface area contributed by atoms with Crippen LogP contribution < -0.4 is 10.6 Å². The van der Waals surface area contributed by atoms with E-state index in [1.165, 1.54) is 11.2 Å². The monoisotopic (exact) mass is 585 g/mol. The van der Waals surface area contributed by atoms with Crippen LogP contribution >= 0.6 is 0 Å². The molecule has 0 unspecified atom stereocenters. The predicted octanol–water partition coefficient (Wildman–Crippen LogP) is 2.93. The van der Waals surface area contributed by atoms with Crippen molar-refractivity contribution >= 4 is 50.2 Å². The van der Waals surface area contributed by atoms with E-state index in [0.29, 0.717) is 55.6 Å². The summed E-state index contributed by atoms with van der Waals surface area (Å²) in [7, 11) is -3.67. The van der Waals surface area contributed by atoms with Crippen molar-refractivity contribution in [2.75, 3.05) is 43.5 Å². The molecule has 2 N–H and O–H groups in total. The van der Waals surface area contributed by atoms with E-state index in [9.17, 15) is 22.8 Å². The Kier molecular flexibility index (Phi) is 10.1. The lowest BCUT2D eigenvalue weighted by atomic mass is 10.2. The van der Waals surface area contributed by atoms with Gasteiger partial charge in [0.15, 0.2) is 6.61 Å². The van der Waals surface area contributed by atoms with Crippen LogP contribution in [0.1, 0.15) is 38.9 Å². The highest BCUT2D eigenvalue weighted by molar-refractivity contribution is 7.89. The number of hydrogen-bond acceptors (Lipinski definition) is 8. The third-order valence-electron chi connectivity index (χ3n) is 6.55. The van der Waals surface area contributed by atoms with Gasteiger partial charge in [0.2, 0.25) is 15.9 Å². The molecule has 1 aliphatic heterocycles. The third kappa shape index (κ3) is 7.90. The number of benzene rings is 2. The molecule has 0 aliphatic carbocycles. The summed E-state index contributed by atoms with van der Waals surface area (Å²) in [5.74, 6) is -0.591. The Morgan fingerprint density at radius 1 is 1.02 bits per heavy atom. The molecule has 12 nitrogen and oxygen atoms in total. The first-order valence-corrected chi connectivity index (χ1v) is 15.0. The van der Waals surface area contributed by atoms with Crippen molar-refractivity contribution in [1.82, 2.24) is 13.9 Å². The van der Waals surface area contributed by atoms with E-state index in [1.54, 1.807) is 42.5 Å². The zero-order valence-electron chi connectivity index (χ0n) is 23.2. The number of fused-ring (bicyclic) bond motifs is 1. The summed E-state index contributed by atoms with van der Waals surface area (Å²) < 4.78 is 40.1. The Morgan fingerprint density at radius 3 is 2.37 bits per heavy atom. The number of aromatic nitrogens is 2. The summed E-state index contributed by atoms with van der Waals surface area (Å²) in [6.07, 6.45) is 2.13. The van der Waals surface area contributed by atoms with Gasteiger partial charge >= 0.3 is 5.97 Å². The Hall–Kier alpha value is -3.81. The van der Waals surface area contributed by atoms with Gasteiger partial charge in [-0.3, -0.25) is 14.4 Å². The van der Waals surface area contributed by atoms with Gasteiger partial charge in [0, 0.05) is 44.4 Å². The molecule has 1 aliphatic rings. The van der Waals surface area contributed by atoms with Crippen molar-refractivity contribution in [2.45, 2.75) is 51.0 Å². The number of unbranched alkanes of at least 4 members (excludes halogenated alkanes) is 1. The van der Waals surface area contributed by atoms with Crippen LogP contribution in [0.5, 0.6) is 0 Å². The fraction of sp³-hybridized carbons (Fsp3) is 0.429. The lowest BCUT2D eigenvalue weighted by Crippen LogP contribution is -2.40. The molecule has 0 spiro atoms. The summed E-state index contributed by atoms with van der Waals surface area (Å²) >= 11 is 0. The minimum absolute atomic E-state index is 0.00702. The average Bonchev–Trinajstić information content (AvgIpc) is 3.31. The molecule has 41 heavy (non-hydrogen) atoms. The summed E-state index contributed by atoms with van der Waals surface area (Å²) in [5, 5.41) is 5.28. The number of anilines is 2. The van der Waals surface area contributed by atoms with E-state index in [2.05, 4.69) is 22.5 Å². The van der Waals surface area contributed by atoms with Gasteiger partial charge in [-0.15, -0.1) is 0 Å². The second kappa shape index (κ2) is 13.7. The highest BCUT2D eigenvalue weighted by Gasteiger charge is 2.27. The molecule has 0 saturated carbocycles. The lowest BCUT2D eigenvalue weighted by Gasteiger charge is -2.26. The Bertz CT molecular complexity index is 1500. The van der Waals surface area contributed by atoms with Crippen LogP contribution in [0.15, 0.2) is 47.4 Å². The van der Waals surface area contributed by atoms with E-state index in [-0.39, 0.29) is 23.6 Å². The molecule has 2 aromatic carbocycles. The molecule has 3 aromatic rings. The van der Waals surface area contributed by atoms with Crippen LogP contribution in [0.3, 0.4) is 0 Å². The number of imidazole rings is 1. The first-order valence-electron chi connectivity index (χ1n) is 13.6. The van der Waals surface area contributed by atoms with Crippen LogP contribution in [-0.4, -0.2) is 73.0 Å². The first kappa shape index (κ1) is 30.2. The normalized spacial score (nSPS) is 14.1. The predicted molar refractivity (Wildman–Crippen MR) is 153 cm³/mol. The molecular weight excluding hydrogens is 550 g/mol.